The molecule has 1 aliphatic rings. The molecule has 0 aromatic heterocycles. The number of carbonyl (C=O) groups is 2. The van der Waals surface area contributed by atoms with Crippen molar-refractivity contribution in [3.8, 4) is 5.75 Å². The van der Waals surface area contributed by atoms with E-state index in [1.54, 1.807) is 19.1 Å². The molecular weight excluding hydrogens is 360 g/mol. The maximum Gasteiger partial charge on any atom is 0.340 e. The summed E-state index contributed by atoms with van der Waals surface area (Å²) in [5.41, 5.74) is 1.60. The zero-order valence-electron chi connectivity index (χ0n) is 12.5. The second-order valence-corrected chi connectivity index (χ2v) is 6.45. The summed E-state index contributed by atoms with van der Waals surface area (Å²) in [7, 11) is 0. The average Bonchev–Trinajstić information content (AvgIpc) is 2.57. The van der Waals surface area contributed by atoms with Crippen LogP contribution >= 0.6 is 15.9 Å². The summed E-state index contributed by atoms with van der Waals surface area (Å²) in [6.45, 7) is 1.89. The van der Waals surface area contributed by atoms with Crippen molar-refractivity contribution in [2.45, 2.75) is 17.2 Å². The van der Waals surface area contributed by atoms with Gasteiger partial charge in [-0.2, -0.15) is 0 Å². The van der Waals surface area contributed by atoms with E-state index in [9.17, 15) is 9.59 Å². The van der Waals surface area contributed by atoms with E-state index in [4.69, 9.17) is 9.47 Å². The Hall–Kier alpha value is -2.14. The van der Waals surface area contributed by atoms with Crippen LogP contribution in [0.5, 0.6) is 5.75 Å². The minimum Gasteiger partial charge on any atom is -0.464 e. The first kappa shape index (κ1) is 15.7. The molecule has 118 valence electrons. The van der Waals surface area contributed by atoms with E-state index in [1.807, 2.05) is 42.5 Å². The Balaban J connectivity index is 2.22. The highest BCUT2D eigenvalue weighted by atomic mass is 79.9. The molecule has 0 aliphatic carbocycles. The van der Waals surface area contributed by atoms with Crippen molar-refractivity contribution in [3.63, 3.8) is 0 Å². The molecule has 1 heterocycles. The van der Waals surface area contributed by atoms with E-state index in [1.165, 1.54) is 0 Å². The zero-order chi connectivity index (χ0) is 16.4. The molecule has 0 saturated carbocycles. The Morgan fingerprint density at radius 1 is 1.17 bits per heavy atom. The first-order valence-corrected chi connectivity index (χ1v) is 8.10. The first-order valence-electron chi connectivity index (χ1n) is 7.31. The normalized spacial score (nSPS) is 22.9. The number of benzene rings is 2. The third-order valence-corrected chi connectivity index (χ3v) is 4.94. The van der Waals surface area contributed by atoms with Crippen molar-refractivity contribution in [2.75, 3.05) is 6.61 Å². The second kappa shape index (κ2) is 6.16. The van der Waals surface area contributed by atoms with Crippen LogP contribution in [0.1, 0.15) is 24.0 Å². The molecule has 0 spiro atoms. The Morgan fingerprint density at radius 3 is 2.52 bits per heavy atom. The van der Waals surface area contributed by atoms with Crippen molar-refractivity contribution in [3.05, 3.63) is 65.7 Å². The Bertz CT molecular complexity index is 744. The lowest BCUT2D eigenvalue weighted by Gasteiger charge is -2.36. The topological polar surface area (TPSA) is 52.6 Å². The Labute approximate surface area is 142 Å². The quantitative estimate of drug-likeness (QED) is 0.357. The van der Waals surface area contributed by atoms with Gasteiger partial charge in [-0.3, -0.25) is 0 Å². The van der Waals surface area contributed by atoms with Crippen molar-refractivity contribution in [2.24, 2.45) is 0 Å². The molecule has 23 heavy (non-hydrogen) atoms. The molecule has 5 heteroatoms. The molecule has 3 rings (SSSR count). The van der Waals surface area contributed by atoms with Crippen molar-refractivity contribution in [1.29, 1.82) is 0 Å². The van der Waals surface area contributed by atoms with Gasteiger partial charge < -0.3 is 9.47 Å². The predicted molar refractivity (Wildman–Crippen MR) is 88.7 cm³/mol. The van der Waals surface area contributed by atoms with E-state index in [2.05, 4.69) is 15.9 Å². The molecular formula is C18H15BrO4. The highest BCUT2D eigenvalue weighted by Crippen LogP contribution is 2.49. The summed E-state index contributed by atoms with van der Waals surface area (Å²) in [6, 6.07) is 16.6. The van der Waals surface area contributed by atoms with Crippen LogP contribution in [0.3, 0.4) is 0 Å². The highest BCUT2D eigenvalue weighted by Gasteiger charge is 2.57. The smallest absolute Gasteiger partial charge is 0.340 e. The van der Waals surface area contributed by atoms with Crippen molar-refractivity contribution < 1.29 is 19.1 Å². The van der Waals surface area contributed by atoms with Gasteiger partial charge in [0.1, 0.15) is 5.75 Å². The van der Waals surface area contributed by atoms with Crippen molar-refractivity contribution >= 4 is 27.9 Å². The number of hydrogen-bond donors (Lipinski definition) is 0. The van der Waals surface area contributed by atoms with Crippen LogP contribution in [0.4, 0.5) is 0 Å². The summed E-state index contributed by atoms with van der Waals surface area (Å²) in [5.74, 6) is -1.37. The van der Waals surface area contributed by atoms with Crippen LogP contribution in [0.2, 0.25) is 0 Å². The molecule has 2 atom stereocenters. The minimum absolute atomic E-state index is 0.183. The number of alkyl halides is 1. The Kier molecular flexibility index (Phi) is 4.22. The first-order chi connectivity index (χ1) is 11.1. The van der Waals surface area contributed by atoms with Gasteiger partial charge in [-0.05, 0) is 18.6 Å². The van der Waals surface area contributed by atoms with Gasteiger partial charge in [0, 0.05) is 11.5 Å². The van der Waals surface area contributed by atoms with Gasteiger partial charge in [0.15, 0.2) is 0 Å². The van der Waals surface area contributed by atoms with Crippen molar-refractivity contribution in [1.82, 2.24) is 0 Å². The molecule has 2 aromatic rings. The van der Waals surface area contributed by atoms with Crippen LogP contribution < -0.4 is 4.74 Å². The standard InChI is InChI=1S/C18H15BrO4/c1-2-22-16(20)18(19)15(12-8-4-3-5-9-12)13-10-6-7-11-14(13)23-17(18)21/h3-11,15H,2H2,1H3/t15-,18+/m0/s1. The summed E-state index contributed by atoms with van der Waals surface area (Å²) in [6.07, 6.45) is 0. The van der Waals surface area contributed by atoms with Gasteiger partial charge in [0.05, 0.1) is 6.61 Å². The predicted octanol–water partition coefficient (Wildman–Crippen LogP) is 3.43. The van der Waals surface area contributed by atoms with Crippen LogP contribution in [0, 0.1) is 0 Å². The maximum atomic E-state index is 12.6. The summed E-state index contributed by atoms with van der Waals surface area (Å²) >= 11 is 3.35. The molecule has 4 nitrogen and oxygen atoms in total. The maximum absolute atomic E-state index is 12.6. The minimum atomic E-state index is -1.60. The van der Waals surface area contributed by atoms with Gasteiger partial charge in [0.25, 0.3) is 0 Å². The largest absolute Gasteiger partial charge is 0.464 e. The number of ether oxygens (including phenoxy) is 2. The third kappa shape index (κ3) is 2.55. The molecule has 0 fully saturated rings. The van der Waals surface area contributed by atoms with Crippen LogP contribution in [0.25, 0.3) is 0 Å². The van der Waals surface area contributed by atoms with E-state index in [-0.39, 0.29) is 6.61 Å². The SMILES string of the molecule is CCOC(=O)[C@@]1(Br)C(=O)Oc2ccccc2[C@@H]1c1ccccc1. The van der Waals surface area contributed by atoms with Gasteiger partial charge in [-0.15, -0.1) is 0 Å². The van der Waals surface area contributed by atoms with Gasteiger partial charge >= 0.3 is 11.9 Å². The zero-order valence-corrected chi connectivity index (χ0v) is 14.1. The van der Waals surface area contributed by atoms with Gasteiger partial charge in [-0.1, -0.05) is 64.5 Å². The van der Waals surface area contributed by atoms with Gasteiger partial charge in [0.2, 0.25) is 4.32 Å². The molecule has 2 aromatic carbocycles. The molecule has 0 radical (unpaired) electrons. The number of rotatable bonds is 3. The second-order valence-electron chi connectivity index (χ2n) is 5.20. The lowest BCUT2D eigenvalue weighted by molar-refractivity contribution is -0.155. The fourth-order valence-corrected chi connectivity index (χ4v) is 3.52. The van der Waals surface area contributed by atoms with E-state index >= 15 is 0 Å². The van der Waals surface area contributed by atoms with E-state index in [0.29, 0.717) is 5.75 Å². The van der Waals surface area contributed by atoms with Crippen LogP contribution in [-0.4, -0.2) is 22.9 Å². The molecule has 0 unspecified atom stereocenters. The Morgan fingerprint density at radius 2 is 1.83 bits per heavy atom. The lowest BCUT2D eigenvalue weighted by Crippen LogP contribution is -2.52. The number of hydrogen-bond acceptors (Lipinski definition) is 4. The van der Waals surface area contributed by atoms with E-state index in [0.717, 1.165) is 11.1 Å². The summed E-state index contributed by atoms with van der Waals surface area (Å²) in [4.78, 5) is 25.2. The lowest BCUT2D eigenvalue weighted by atomic mass is 9.78. The van der Waals surface area contributed by atoms with Crippen LogP contribution in [0.15, 0.2) is 54.6 Å². The third-order valence-electron chi connectivity index (χ3n) is 3.83. The van der Waals surface area contributed by atoms with E-state index < -0.39 is 22.2 Å². The summed E-state index contributed by atoms with van der Waals surface area (Å²) in [5, 5.41) is 0. The molecule has 1 aliphatic heterocycles. The fraction of sp³-hybridized carbons (Fsp3) is 0.222. The number of para-hydroxylation sites is 1. The van der Waals surface area contributed by atoms with Gasteiger partial charge in [-0.25, -0.2) is 9.59 Å². The van der Waals surface area contributed by atoms with Crippen LogP contribution in [-0.2, 0) is 14.3 Å². The number of esters is 2. The fourth-order valence-electron chi connectivity index (χ4n) is 2.81. The average molecular weight is 375 g/mol. The molecule has 0 bridgehead atoms. The monoisotopic (exact) mass is 374 g/mol. The number of carbonyl (C=O) groups excluding carboxylic acids is 2. The molecule has 0 N–H and O–H groups in total. The highest BCUT2D eigenvalue weighted by molar-refractivity contribution is 9.10. The molecule has 0 saturated heterocycles. The number of halogens is 1. The number of fused-ring (bicyclic) bond motifs is 1. The summed E-state index contributed by atoms with van der Waals surface area (Å²) < 4.78 is 8.92. The molecule has 0 amide bonds.